The second-order valence-electron chi connectivity index (χ2n) is 7.68. The predicted molar refractivity (Wildman–Crippen MR) is 117 cm³/mol. The summed E-state index contributed by atoms with van der Waals surface area (Å²) in [6.45, 7) is 4.10. The molecule has 156 valence electrons. The molecule has 0 amide bonds. The van der Waals surface area contributed by atoms with Crippen molar-refractivity contribution in [1.29, 1.82) is 0 Å². The summed E-state index contributed by atoms with van der Waals surface area (Å²) in [6.07, 6.45) is 5.30. The second kappa shape index (κ2) is 8.28. The lowest BCUT2D eigenvalue weighted by Gasteiger charge is -2.22. The van der Waals surface area contributed by atoms with Crippen LogP contribution in [-0.4, -0.2) is 19.8 Å². The van der Waals surface area contributed by atoms with Crippen molar-refractivity contribution >= 4 is 11.3 Å². The van der Waals surface area contributed by atoms with Gasteiger partial charge in [0.25, 0.3) is 0 Å². The molecule has 1 aliphatic carbocycles. The molecular weight excluding hydrogens is 378 g/mol. The van der Waals surface area contributed by atoms with Gasteiger partial charge < -0.3 is 4.84 Å². The Morgan fingerprint density at radius 3 is 2.60 bits per heavy atom. The molecule has 1 aromatic heterocycles. The van der Waals surface area contributed by atoms with Crippen LogP contribution in [0, 0.1) is 0 Å². The van der Waals surface area contributed by atoms with E-state index in [9.17, 15) is 4.79 Å². The van der Waals surface area contributed by atoms with E-state index in [4.69, 9.17) is 10.7 Å². The maximum Gasteiger partial charge on any atom is 0.368 e. The van der Waals surface area contributed by atoms with Gasteiger partial charge in [0.1, 0.15) is 0 Å². The lowest BCUT2D eigenvalue weighted by Crippen LogP contribution is -2.23. The zero-order valence-electron chi connectivity index (χ0n) is 17.7. The van der Waals surface area contributed by atoms with Crippen molar-refractivity contribution in [2.75, 3.05) is 0 Å². The number of fused-ring (bicyclic) bond motifs is 1. The third kappa shape index (κ3) is 3.35. The van der Waals surface area contributed by atoms with E-state index >= 15 is 0 Å². The fourth-order valence-corrected chi connectivity index (χ4v) is 4.37. The van der Waals surface area contributed by atoms with Crippen molar-refractivity contribution in [3.63, 3.8) is 0 Å². The minimum absolute atomic E-state index is 0.324. The first-order valence-electron chi connectivity index (χ1n) is 10.4. The van der Waals surface area contributed by atoms with Crippen molar-refractivity contribution in [1.82, 2.24) is 19.8 Å². The molecular formula is C23H27N5O2. The molecule has 0 unspecified atom stereocenters. The second-order valence-corrected chi connectivity index (χ2v) is 7.68. The lowest BCUT2D eigenvalue weighted by atomic mass is 9.85. The van der Waals surface area contributed by atoms with Gasteiger partial charge in [-0.3, -0.25) is 0 Å². The highest BCUT2D eigenvalue weighted by Gasteiger charge is 2.23. The summed E-state index contributed by atoms with van der Waals surface area (Å²) in [4.78, 5) is 18.1. The number of hydrogen-bond donors (Lipinski definition) is 1. The monoisotopic (exact) mass is 405 g/mol. The standard InChI is InChI=1S/C23H27N5O2/c1-4-16-10-8-14-20(28-23(29)27(3)25-26-28)21(16)22(30-24)15(2)18-13-7-11-17-9-5-6-12-19(17)18/h7-8,10-11,13-14H,4-6,9,12,24H2,1-3H3/b22-15+. The van der Waals surface area contributed by atoms with Gasteiger partial charge >= 0.3 is 5.69 Å². The van der Waals surface area contributed by atoms with Crippen LogP contribution >= 0.6 is 0 Å². The third-order valence-electron chi connectivity index (χ3n) is 5.94. The maximum atomic E-state index is 12.6. The summed E-state index contributed by atoms with van der Waals surface area (Å²) in [5.74, 6) is 6.40. The van der Waals surface area contributed by atoms with Gasteiger partial charge in [0.2, 0.25) is 0 Å². The first-order valence-corrected chi connectivity index (χ1v) is 10.4. The molecule has 0 spiro atoms. The fraction of sp³-hybridized carbons (Fsp3) is 0.348. The van der Waals surface area contributed by atoms with Crippen LogP contribution in [0.3, 0.4) is 0 Å². The van der Waals surface area contributed by atoms with E-state index in [-0.39, 0.29) is 5.69 Å². The van der Waals surface area contributed by atoms with Gasteiger partial charge in [-0.2, -0.15) is 15.3 Å². The highest BCUT2D eigenvalue weighted by Crippen LogP contribution is 2.36. The number of rotatable bonds is 5. The molecule has 0 bridgehead atoms. The van der Waals surface area contributed by atoms with E-state index in [1.54, 1.807) is 7.05 Å². The topological polar surface area (TPSA) is 88.0 Å². The molecule has 4 rings (SSSR count). The summed E-state index contributed by atoms with van der Waals surface area (Å²) in [6, 6.07) is 12.2. The summed E-state index contributed by atoms with van der Waals surface area (Å²) < 4.78 is 2.50. The van der Waals surface area contributed by atoms with Gasteiger partial charge in [-0.25, -0.2) is 4.79 Å². The highest BCUT2D eigenvalue weighted by atomic mass is 16.6. The Kier molecular flexibility index (Phi) is 5.55. The van der Waals surface area contributed by atoms with Crippen LogP contribution in [0.1, 0.15) is 54.5 Å². The number of allylic oxidation sites excluding steroid dienone is 1. The van der Waals surface area contributed by atoms with Gasteiger partial charge in [0.15, 0.2) is 5.76 Å². The number of aromatic nitrogens is 4. The van der Waals surface area contributed by atoms with Crippen molar-refractivity contribution in [2.24, 2.45) is 12.9 Å². The molecule has 3 aromatic rings. The Labute approximate surface area is 175 Å². The quantitative estimate of drug-likeness (QED) is 0.400. The minimum atomic E-state index is -0.324. The average molecular weight is 406 g/mol. The molecule has 7 nitrogen and oxygen atoms in total. The normalized spacial score (nSPS) is 14.3. The summed E-state index contributed by atoms with van der Waals surface area (Å²) in [7, 11) is 1.58. The van der Waals surface area contributed by atoms with Gasteiger partial charge in [-0.15, -0.1) is 0 Å². The van der Waals surface area contributed by atoms with Gasteiger partial charge in [-0.05, 0) is 77.8 Å². The predicted octanol–water partition coefficient (Wildman–Crippen LogP) is 3.19. The molecule has 7 heteroatoms. The Morgan fingerprint density at radius 1 is 1.13 bits per heavy atom. The van der Waals surface area contributed by atoms with Crippen LogP contribution in [0.4, 0.5) is 0 Å². The Balaban J connectivity index is 1.99. The molecule has 0 fully saturated rings. The first kappa shape index (κ1) is 20.1. The van der Waals surface area contributed by atoms with E-state index in [0.29, 0.717) is 11.4 Å². The molecule has 2 N–H and O–H groups in total. The minimum Gasteiger partial charge on any atom is -0.410 e. The van der Waals surface area contributed by atoms with Crippen molar-refractivity contribution in [2.45, 2.75) is 46.0 Å². The lowest BCUT2D eigenvalue weighted by molar-refractivity contribution is 0.291. The molecule has 0 saturated heterocycles. The van der Waals surface area contributed by atoms with E-state index in [1.165, 1.54) is 33.3 Å². The van der Waals surface area contributed by atoms with E-state index in [2.05, 4.69) is 35.5 Å². The van der Waals surface area contributed by atoms with Gasteiger partial charge in [-0.1, -0.05) is 37.3 Å². The third-order valence-corrected chi connectivity index (χ3v) is 5.94. The number of nitrogens with two attached hydrogens (primary N) is 1. The fourth-order valence-electron chi connectivity index (χ4n) is 4.37. The van der Waals surface area contributed by atoms with Gasteiger partial charge in [0.05, 0.1) is 5.69 Å². The number of benzene rings is 2. The smallest absolute Gasteiger partial charge is 0.368 e. The zero-order valence-corrected chi connectivity index (χ0v) is 17.7. The average Bonchev–Trinajstić information content (AvgIpc) is 3.12. The summed E-state index contributed by atoms with van der Waals surface area (Å²) in [5, 5.41) is 7.90. The molecule has 0 atom stereocenters. The van der Waals surface area contributed by atoms with Crippen molar-refractivity contribution in [3.05, 3.63) is 74.7 Å². The van der Waals surface area contributed by atoms with E-state index < -0.39 is 0 Å². The Hall–Kier alpha value is -3.19. The van der Waals surface area contributed by atoms with Crippen molar-refractivity contribution < 1.29 is 4.84 Å². The number of tetrazole rings is 1. The molecule has 30 heavy (non-hydrogen) atoms. The number of hydrogen-bond acceptors (Lipinski definition) is 5. The molecule has 0 radical (unpaired) electrons. The SMILES string of the molecule is CCc1cccc(-n2nnn(C)c2=O)c1/C(ON)=C(/C)c1cccc2c1CCCC2. The number of aryl methyl sites for hydroxylation is 3. The summed E-state index contributed by atoms with van der Waals surface area (Å²) in [5.41, 5.74) is 6.94. The zero-order chi connectivity index (χ0) is 21.3. The molecule has 2 aromatic carbocycles. The van der Waals surface area contributed by atoms with Crippen molar-refractivity contribution in [3.8, 4) is 5.69 Å². The molecule has 1 aliphatic rings. The molecule has 0 aliphatic heterocycles. The van der Waals surface area contributed by atoms with Crippen LogP contribution in [-0.2, 0) is 31.1 Å². The van der Waals surface area contributed by atoms with E-state index in [0.717, 1.165) is 41.5 Å². The Morgan fingerprint density at radius 2 is 1.90 bits per heavy atom. The van der Waals surface area contributed by atoms with Crippen LogP contribution in [0.2, 0.25) is 0 Å². The summed E-state index contributed by atoms with van der Waals surface area (Å²) >= 11 is 0. The Bertz CT molecular complexity index is 1170. The van der Waals surface area contributed by atoms with Crippen LogP contribution in [0.15, 0.2) is 41.2 Å². The van der Waals surface area contributed by atoms with Crippen LogP contribution in [0.5, 0.6) is 0 Å². The van der Waals surface area contributed by atoms with Crippen LogP contribution < -0.4 is 11.6 Å². The maximum absolute atomic E-state index is 12.6. The largest absolute Gasteiger partial charge is 0.410 e. The highest BCUT2D eigenvalue weighted by molar-refractivity contribution is 5.91. The van der Waals surface area contributed by atoms with Crippen LogP contribution in [0.25, 0.3) is 17.0 Å². The van der Waals surface area contributed by atoms with Gasteiger partial charge in [0, 0.05) is 18.2 Å². The first-order chi connectivity index (χ1) is 14.6. The number of nitrogens with zero attached hydrogens (tertiary/aromatic N) is 4. The molecule has 1 heterocycles. The van der Waals surface area contributed by atoms with E-state index in [1.807, 2.05) is 25.1 Å². The molecule has 0 saturated carbocycles.